The summed E-state index contributed by atoms with van der Waals surface area (Å²) in [5, 5.41) is 2.78. The summed E-state index contributed by atoms with van der Waals surface area (Å²) in [4.78, 5) is 27.0. The first-order valence-corrected chi connectivity index (χ1v) is 8.78. The van der Waals surface area contributed by atoms with Crippen molar-refractivity contribution < 1.29 is 14.3 Å². The van der Waals surface area contributed by atoms with E-state index in [0.717, 1.165) is 11.1 Å². The van der Waals surface area contributed by atoms with Crippen LogP contribution in [0.5, 0.6) is 11.5 Å². The second kappa shape index (κ2) is 6.98. The predicted octanol–water partition coefficient (Wildman–Crippen LogP) is 2.91. The number of ether oxygens (including phenoxy) is 2. The summed E-state index contributed by atoms with van der Waals surface area (Å²) in [6.45, 7) is 6.40. The Morgan fingerprint density at radius 2 is 2.04 bits per heavy atom. The van der Waals surface area contributed by atoms with Gasteiger partial charge in [-0.3, -0.25) is 4.79 Å². The Hall–Kier alpha value is -2.96. The number of carbonyl (C=O) groups excluding carboxylic acids is 1. The lowest BCUT2D eigenvalue weighted by Crippen LogP contribution is -2.45. The molecule has 0 fully saturated rings. The number of nitrogens with zero attached hydrogens (tertiary/aromatic N) is 2. The number of amides is 2. The molecule has 0 saturated carbocycles. The monoisotopic (exact) mass is 371 g/mol. The number of aryl methyl sites for hydroxylation is 2. The zero-order valence-electron chi connectivity index (χ0n) is 16.3. The summed E-state index contributed by atoms with van der Waals surface area (Å²) in [5.74, 6) is 1.40. The van der Waals surface area contributed by atoms with Gasteiger partial charge in [-0.15, -0.1) is 0 Å². The molecule has 2 aromatic rings. The van der Waals surface area contributed by atoms with Crippen molar-refractivity contribution in [1.82, 2.24) is 9.47 Å². The number of benzene rings is 1. The number of pyridine rings is 1. The number of methoxy groups -OCH3 is 1. The number of rotatable bonds is 2. The van der Waals surface area contributed by atoms with E-state index in [0.29, 0.717) is 30.3 Å². The van der Waals surface area contributed by atoms with Crippen LogP contribution in [0.2, 0.25) is 0 Å². The molecule has 0 saturated heterocycles. The van der Waals surface area contributed by atoms with Gasteiger partial charge in [-0.05, 0) is 44.5 Å². The smallest absolute Gasteiger partial charge is 0.322 e. The highest BCUT2D eigenvalue weighted by molar-refractivity contribution is 5.90. The maximum Gasteiger partial charge on any atom is 0.322 e. The molecule has 2 heterocycles. The summed E-state index contributed by atoms with van der Waals surface area (Å²) in [6.07, 6.45) is 1.68. The molecule has 144 valence electrons. The average Bonchev–Trinajstić information content (AvgIpc) is 2.75. The van der Waals surface area contributed by atoms with Gasteiger partial charge in [0, 0.05) is 24.9 Å². The van der Waals surface area contributed by atoms with Crippen molar-refractivity contribution in [2.45, 2.75) is 32.9 Å². The number of hydrogen-bond donors (Lipinski definition) is 1. The van der Waals surface area contributed by atoms with Crippen molar-refractivity contribution in [3.63, 3.8) is 0 Å². The second-order valence-corrected chi connectivity index (χ2v) is 7.41. The number of hydrogen-bond acceptors (Lipinski definition) is 4. The first-order valence-electron chi connectivity index (χ1n) is 8.78. The Balaban J connectivity index is 1.91. The zero-order chi connectivity index (χ0) is 19.8. The van der Waals surface area contributed by atoms with E-state index in [4.69, 9.17) is 9.47 Å². The number of nitrogens with one attached hydrogen (secondary N) is 1. The Morgan fingerprint density at radius 1 is 1.30 bits per heavy atom. The largest absolute Gasteiger partial charge is 0.497 e. The highest BCUT2D eigenvalue weighted by Gasteiger charge is 2.32. The van der Waals surface area contributed by atoms with Crippen LogP contribution in [0.1, 0.15) is 25.0 Å². The van der Waals surface area contributed by atoms with E-state index in [2.05, 4.69) is 5.32 Å². The average molecular weight is 371 g/mol. The van der Waals surface area contributed by atoms with Gasteiger partial charge in [0.05, 0.1) is 20.2 Å². The van der Waals surface area contributed by atoms with Gasteiger partial charge in [0.2, 0.25) is 0 Å². The van der Waals surface area contributed by atoms with E-state index >= 15 is 0 Å². The summed E-state index contributed by atoms with van der Waals surface area (Å²) in [5.41, 5.74) is 1.07. The number of carbonyl (C=O) groups is 1. The van der Waals surface area contributed by atoms with Crippen LogP contribution in [0.25, 0.3) is 0 Å². The maximum absolute atomic E-state index is 12.9. The third kappa shape index (κ3) is 3.92. The Kier molecular flexibility index (Phi) is 4.87. The van der Waals surface area contributed by atoms with Crippen LogP contribution < -0.4 is 20.3 Å². The number of aromatic nitrogens is 1. The summed E-state index contributed by atoms with van der Waals surface area (Å²) >= 11 is 0. The number of urea groups is 1. The van der Waals surface area contributed by atoms with Gasteiger partial charge in [0.15, 0.2) is 0 Å². The van der Waals surface area contributed by atoms with Crippen LogP contribution >= 0.6 is 0 Å². The lowest BCUT2D eigenvalue weighted by Gasteiger charge is -2.29. The molecule has 0 bridgehead atoms. The Bertz CT molecular complexity index is 933. The molecule has 1 N–H and O–H groups in total. The molecule has 2 amide bonds. The van der Waals surface area contributed by atoms with Gasteiger partial charge in [0.1, 0.15) is 22.8 Å². The third-order valence-electron chi connectivity index (χ3n) is 4.59. The van der Waals surface area contributed by atoms with Gasteiger partial charge in [-0.1, -0.05) is 0 Å². The van der Waals surface area contributed by atoms with E-state index < -0.39 is 5.60 Å². The molecule has 7 nitrogen and oxygen atoms in total. The summed E-state index contributed by atoms with van der Waals surface area (Å²) < 4.78 is 12.8. The number of anilines is 1. The van der Waals surface area contributed by atoms with Crippen molar-refractivity contribution in [1.29, 1.82) is 0 Å². The van der Waals surface area contributed by atoms with Gasteiger partial charge in [-0.2, -0.15) is 0 Å². The summed E-state index contributed by atoms with van der Waals surface area (Å²) in [7, 11) is 3.26. The lowest BCUT2D eigenvalue weighted by atomic mass is 10.1. The topological polar surface area (TPSA) is 72.8 Å². The number of fused-ring (bicyclic) bond motifs is 1. The minimum atomic E-state index is -0.592. The molecule has 1 aromatic heterocycles. The van der Waals surface area contributed by atoms with Gasteiger partial charge in [0.25, 0.3) is 5.56 Å². The molecule has 0 unspecified atom stereocenters. The first kappa shape index (κ1) is 18.8. The fourth-order valence-corrected chi connectivity index (χ4v) is 3.14. The standard InChI is InChI=1S/C20H25N3O4/c1-13-8-9-22(4)18(24)17(13)21-19(25)23-11-14-6-7-15(26-5)10-16(14)27-20(2,3)12-23/h6-10H,11-12H2,1-5H3,(H,21,25). The molecule has 0 aliphatic carbocycles. The first-order chi connectivity index (χ1) is 12.7. The Morgan fingerprint density at radius 3 is 2.74 bits per heavy atom. The minimum absolute atomic E-state index is 0.237. The van der Waals surface area contributed by atoms with Crippen LogP contribution in [-0.4, -0.2) is 34.8 Å². The van der Waals surface area contributed by atoms with Crippen molar-refractivity contribution in [2.75, 3.05) is 19.0 Å². The van der Waals surface area contributed by atoms with Crippen LogP contribution in [0.3, 0.4) is 0 Å². The molecule has 27 heavy (non-hydrogen) atoms. The van der Waals surface area contributed by atoms with Crippen molar-refractivity contribution in [2.24, 2.45) is 7.05 Å². The van der Waals surface area contributed by atoms with E-state index in [1.807, 2.05) is 32.0 Å². The minimum Gasteiger partial charge on any atom is -0.497 e. The van der Waals surface area contributed by atoms with Crippen LogP contribution in [0.15, 0.2) is 35.3 Å². The molecular formula is C20H25N3O4. The Labute approximate surface area is 158 Å². The summed E-state index contributed by atoms with van der Waals surface area (Å²) in [6, 6.07) is 7.03. The molecule has 1 aliphatic heterocycles. The van der Waals surface area contributed by atoms with Gasteiger partial charge < -0.3 is 24.3 Å². The van der Waals surface area contributed by atoms with Crippen LogP contribution in [0, 0.1) is 6.92 Å². The molecule has 1 aliphatic rings. The molecule has 1 aromatic carbocycles. The highest BCUT2D eigenvalue weighted by atomic mass is 16.5. The SMILES string of the molecule is COc1ccc2c(c1)OC(C)(C)CN(C(=O)Nc1c(C)ccn(C)c1=O)C2. The van der Waals surface area contributed by atoms with Crippen molar-refractivity contribution in [3.05, 3.63) is 51.9 Å². The fourth-order valence-electron chi connectivity index (χ4n) is 3.14. The lowest BCUT2D eigenvalue weighted by molar-refractivity contribution is 0.0833. The van der Waals surface area contributed by atoms with E-state index in [9.17, 15) is 9.59 Å². The predicted molar refractivity (Wildman–Crippen MR) is 104 cm³/mol. The molecule has 7 heteroatoms. The fraction of sp³-hybridized carbons (Fsp3) is 0.400. The highest BCUT2D eigenvalue weighted by Crippen LogP contribution is 2.32. The van der Waals surface area contributed by atoms with E-state index in [1.165, 1.54) is 4.57 Å². The quantitative estimate of drug-likeness (QED) is 0.881. The maximum atomic E-state index is 12.9. The molecule has 0 atom stereocenters. The zero-order valence-corrected chi connectivity index (χ0v) is 16.3. The van der Waals surface area contributed by atoms with Gasteiger partial charge >= 0.3 is 6.03 Å². The van der Waals surface area contributed by atoms with Crippen molar-refractivity contribution in [3.8, 4) is 11.5 Å². The third-order valence-corrected chi connectivity index (χ3v) is 4.59. The van der Waals surface area contributed by atoms with E-state index in [-0.39, 0.29) is 11.6 Å². The normalized spacial score (nSPS) is 15.4. The molecular weight excluding hydrogens is 346 g/mol. The molecule has 3 rings (SSSR count). The van der Waals surface area contributed by atoms with Gasteiger partial charge in [-0.25, -0.2) is 4.79 Å². The second-order valence-electron chi connectivity index (χ2n) is 7.41. The molecule has 0 spiro atoms. The van der Waals surface area contributed by atoms with Crippen LogP contribution in [-0.2, 0) is 13.6 Å². The van der Waals surface area contributed by atoms with Crippen LogP contribution in [0.4, 0.5) is 10.5 Å². The van der Waals surface area contributed by atoms with Crippen molar-refractivity contribution >= 4 is 11.7 Å². The molecule has 0 radical (unpaired) electrons. The van der Waals surface area contributed by atoms with E-state index in [1.54, 1.807) is 38.2 Å².